The van der Waals surface area contributed by atoms with E-state index in [0.717, 1.165) is 10.0 Å². The first-order valence-electron chi connectivity index (χ1n) is 5.57. The van der Waals surface area contributed by atoms with Crippen LogP contribution in [0.4, 0.5) is 0 Å². The minimum Gasteiger partial charge on any atom is -0.391 e. The highest BCUT2D eigenvalue weighted by atomic mass is 79.9. The maximum Gasteiger partial charge on any atom is 0.246 e. The topological polar surface area (TPSA) is 85.2 Å². The van der Waals surface area contributed by atoms with Crippen molar-refractivity contribution in [1.29, 1.82) is 0 Å². The average Bonchev–Trinajstić information content (AvgIpc) is 2.79. The molecule has 0 spiro atoms. The van der Waals surface area contributed by atoms with E-state index >= 15 is 0 Å². The molecule has 2 aromatic rings. The summed E-state index contributed by atoms with van der Waals surface area (Å²) >= 11 is 3.38. The van der Waals surface area contributed by atoms with Crippen LogP contribution in [-0.2, 0) is 6.42 Å². The summed E-state index contributed by atoms with van der Waals surface area (Å²) in [5.74, 6) is 0.820. The molecule has 2 rings (SSSR count). The highest BCUT2D eigenvalue weighted by Gasteiger charge is 2.19. The van der Waals surface area contributed by atoms with Crippen LogP contribution in [0.15, 0.2) is 33.3 Å². The maximum absolute atomic E-state index is 9.35. The first-order chi connectivity index (χ1) is 8.56. The van der Waals surface area contributed by atoms with Crippen molar-refractivity contribution < 1.29 is 9.63 Å². The Morgan fingerprint density at radius 2 is 2.06 bits per heavy atom. The van der Waals surface area contributed by atoms with Gasteiger partial charge in [0.25, 0.3) is 0 Å². The molecule has 5 nitrogen and oxygen atoms in total. The molecule has 0 unspecified atom stereocenters. The Morgan fingerprint density at radius 1 is 1.39 bits per heavy atom. The molecule has 0 saturated heterocycles. The second-order valence-electron chi connectivity index (χ2n) is 4.12. The van der Waals surface area contributed by atoms with Gasteiger partial charge in [0.05, 0.1) is 6.10 Å². The Bertz CT molecular complexity index is 510. The van der Waals surface area contributed by atoms with E-state index in [1.165, 1.54) is 0 Å². The van der Waals surface area contributed by atoms with Crippen LogP contribution in [0.3, 0.4) is 0 Å². The zero-order valence-corrected chi connectivity index (χ0v) is 11.5. The van der Waals surface area contributed by atoms with Gasteiger partial charge in [-0.1, -0.05) is 33.2 Å². The summed E-state index contributed by atoms with van der Waals surface area (Å²) in [5.41, 5.74) is 6.79. The van der Waals surface area contributed by atoms with Crippen LogP contribution in [-0.4, -0.2) is 21.4 Å². The van der Waals surface area contributed by atoms with Crippen molar-refractivity contribution in [3.63, 3.8) is 0 Å². The second kappa shape index (κ2) is 5.60. The molecule has 0 aliphatic carbocycles. The molecule has 0 amide bonds. The molecule has 0 radical (unpaired) electrons. The van der Waals surface area contributed by atoms with Crippen molar-refractivity contribution in [2.45, 2.75) is 25.5 Å². The Labute approximate surface area is 113 Å². The van der Waals surface area contributed by atoms with Crippen LogP contribution >= 0.6 is 15.9 Å². The molecule has 0 bridgehead atoms. The molecule has 6 heteroatoms. The summed E-state index contributed by atoms with van der Waals surface area (Å²) in [4.78, 5) is 4.17. The smallest absolute Gasteiger partial charge is 0.246 e. The number of aliphatic hydroxyl groups is 1. The number of aliphatic hydroxyl groups excluding tert-OH is 1. The molecular formula is C12H14BrN3O2. The maximum atomic E-state index is 9.35. The highest BCUT2D eigenvalue weighted by molar-refractivity contribution is 9.10. The SMILES string of the molecule is C[C@@H](O)[C@H](N)c1nc(Cc2ccc(Br)cc2)no1. The Morgan fingerprint density at radius 3 is 2.67 bits per heavy atom. The fourth-order valence-corrected chi connectivity index (χ4v) is 1.73. The predicted octanol–water partition coefficient (Wildman–Crippen LogP) is 1.80. The van der Waals surface area contributed by atoms with E-state index < -0.39 is 12.1 Å². The van der Waals surface area contributed by atoms with Gasteiger partial charge < -0.3 is 15.4 Å². The Hall–Kier alpha value is -1.24. The van der Waals surface area contributed by atoms with E-state index in [-0.39, 0.29) is 5.89 Å². The summed E-state index contributed by atoms with van der Waals surface area (Å²) in [6.07, 6.45) is -0.144. The fourth-order valence-electron chi connectivity index (χ4n) is 1.47. The largest absolute Gasteiger partial charge is 0.391 e. The number of aromatic nitrogens is 2. The standard InChI is InChI=1S/C12H14BrN3O2/c1-7(17)11(14)12-15-10(16-18-12)6-8-2-4-9(13)5-3-8/h2-5,7,11,17H,6,14H2,1H3/t7-,11+/m1/s1. The third kappa shape index (κ3) is 3.16. The summed E-state index contributed by atoms with van der Waals surface area (Å²) in [7, 11) is 0. The van der Waals surface area contributed by atoms with Gasteiger partial charge in [0, 0.05) is 10.9 Å². The van der Waals surface area contributed by atoms with Crippen molar-refractivity contribution >= 4 is 15.9 Å². The molecule has 0 saturated carbocycles. The van der Waals surface area contributed by atoms with Crippen LogP contribution in [0.25, 0.3) is 0 Å². The predicted molar refractivity (Wildman–Crippen MR) is 69.9 cm³/mol. The van der Waals surface area contributed by atoms with Gasteiger partial charge in [0.2, 0.25) is 5.89 Å². The van der Waals surface area contributed by atoms with Crippen molar-refractivity contribution in [3.05, 3.63) is 46.0 Å². The van der Waals surface area contributed by atoms with Crippen LogP contribution in [0.1, 0.15) is 30.2 Å². The number of nitrogens with zero attached hydrogens (tertiary/aromatic N) is 2. The van der Waals surface area contributed by atoms with E-state index in [1.807, 2.05) is 24.3 Å². The summed E-state index contributed by atoms with van der Waals surface area (Å²) in [5, 5.41) is 13.2. The van der Waals surface area contributed by atoms with Gasteiger partial charge in [-0.05, 0) is 24.6 Å². The van der Waals surface area contributed by atoms with E-state index in [9.17, 15) is 5.11 Å². The zero-order valence-electron chi connectivity index (χ0n) is 9.88. The average molecular weight is 312 g/mol. The van der Waals surface area contributed by atoms with Crippen LogP contribution in [0.2, 0.25) is 0 Å². The minimum absolute atomic E-state index is 0.261. The van der Waals surface area contributed by atoms with Crippen molar-refractivity contribution in [2.75, 3.05) is 0 Å². The minimum atomic E-state index is -0.717. The second-order valence-corrected chi connectivity index (χ2v) is 5.03. The van der Waals surface area contributed by atoms with Gasteiger partial charge in [-0.25, -0.2) is 0 Å². The number of nitrogens with two attached hydrogens (primary N) is 1. The van der Waals surface area contributed by atoms with Crippen molar-refractivity contribution in [1.82, 2.24) is 10.1 Å². The first kappa shape index (κ1) is 13.2. The lowest BCUT2D eigenvalue weighted by Gasteiger charge is -2.08. The van der Waals surface area contributed by atoms with E-state index in [1.54, 1.807) is 6.92 Å². The van der Waals surface area contributed by atoms with E-state index in [4.69, 9.17) is 10.3 Å². The number of halogens is 1. The lowest BCUT2D eigenvalue weighted by Crippen LogP contribution is -2.23. The zero-order chi connectivity index (χ0) is 13.1. The molecule has 1 heterocycles. The molecule has 0 aliphatic heterocycles. The summed E-state index contributed by atoms with van der Waals surface area (Å²) < 4.78 is 6.05. The number of rotatable bonds is 4. The number of hydrogen-bond donors (Lipinski definition) is 2. The molecule has 1 aromatic heterocycles. The van der Waals surface area contributed by atoms with Crippen molar-refractivity contribution in [3.8, 4) is 0 Å². The normalized spacial score (nSPS) is 14.4. The summed E-state index contributed by atoms with van der Waals surface area (Å²) in [6.45, 7) is 1.59. The molecule has 18 heavy (non-hydrogen) atoms. The van der Waals surface area contributed by atoms with E-state index in [0.29, 0.717) is 12.2 Å². The Balaban J connectivity index is 2.09. The van der Waals surface area contributed by atoms with Gasteiger partial charge in [-0.2, -0.15) is 4.98 Å². The fraction of sp³-hybridized carbons (Fsp3) is 0.333. The van der Waals surface area contributed by atoms with Gasteiger partial charge >= 0.3 is 0 Å². The molecule has 0 fully saturated rings. The van der Waals surface area contributed by atoms with Gasteiger partial charge in [0.1, 0.15) is 6.04 Å². The molecule has 0 aliphatic rings. The van der Waals surface area contributed by atoms with Gasteiger partial charge in [-0.3, -0.25) is 0 Å². The van der Waals surface area contributed by atoms with Crippen LogP contribution in [0.5, 0.6) is 0 Å². The molecule has 96 valence electrons. The molecule has 3 N–H and O–H groups in total. The van der Waals surface area contributed by atoms with Gasteiger partial charge in [0.15, 0.2) is 5.82 Å². The lowest BCUT2D eigenvalue weighted by molar-refractivity contribution is 0.146. The quantitative estimate of drug-likeness (QED) is 0.899. The summed E-state index contributed by atoms with van der Waals surface area (Å²) in [6, 6.07) is 7.23. The molecule has 2 atom stereocenters. The monoisotopic (exact) mass is 311 g/mol. The van der Waals surface area contributed by atoms with Crippen molar-refractivity contribution in [2.24, 2.45) is 5.73 Å². The van der Waals surface area contributed by atoms with Crippen LogP contribution in [0, 0.1) is 0 Å². The Kier molecular flexibility index (Phi) is 4.11. The first-order valence-corrected chi connectivity index (χ1v) is 6.36. The number of hydrogen-bond acceptors (Lipinski definition) is 5. The number of benzene rings is 1. The third-order valence-electron chi connectivity index (χ3n) is 2.56. The van der Waals surface area contributed by atoms with E-state index in [2.05, 4.69) is 26.1 Å². The molecular weight excluding hydrogens is 298 g/mol. The highest BCUT2D eigenvalue weighted by Crippen LogP contribution is 2.15. The third-order valence-corrected chi connectivity index (χ3v) is 3.09. The van der Waals surface area contributed by atoms with Crippen LogP contribution < -0.4 is 5.73 Å². The molecule has 1 aromatic carbocycles. The lowest BCUT2D eigenvalue weighted by atomic mass is 10.1. The van der Waals surface area contributed by atoms with Gasteiger partial charge in [-0.15, -0.1) is 0 Å².